The van der Waals surface area contributed by atoms with E-state index in [1.54, 1.807) is 0 Å². The van der Waals surface area contributed by atoms with Gasteiger partial charge in [-0.2, -0.15) is 5.10 Å². The minimum atomic E-state index is 0.578. The van der Waals surface area contributed by atoms with E-state index in [1.807, 2.05) is 0 Å². The zero-order chi connectivity index (χ0) is 17.8. The van der Waals surface area contributed by atoms with Gasteiger partial charge in [-0.3, -0.25) is 4.68 Å². The molecule has 0 atom stereocenters. The lowest BCUT2D eigenvalue weighted by Gasteiger charge is -2.41. The lowest BCUT2D eigenvalue weighted by molar-refractivity contribution is 0.0933. The molecule has 1 saturated heterocycles. The summed E-state index contributed by atoms with van der Waals surface area (Å²) in [5.41, 5.74) is 1.37. The highest BCUT2D eigenvalue weighted by Gasteiger charge is 2.29. The van der Waals surface area contributed by atoms with E-state index in [0.717, 1.165) is 12.0 Å². The summed E-state index contributed by atoms with van der Waals surface area (Å²) in [7, 11) is 0. The van der Waals surface area contributed by atoms with Crippen molar-refractivity contribution >= 4 is 0 Å². The van der Waals surface area contributed by atoms with Gasteiger partial charge in [0.25, 0.3) is 0 Å². The molecule has 2 fully saturated rings. The molecular formula is C21H38N4. The molecule has 25 heavy (non-hydrogen) atoms. The van der Waals surface area contributed by atoms with Crippen molar-refractivity contribution in [2.24, 2.45) is 5.92 Å². The molecule has 1 aromatic rings. The Labute approximate surface area is 154 Å². The van der Waals surface area contributed by atoms with Gasteiger partial charge in [0.15, 0.2) is 0 Å². The van der Waals surface area contributed by atoms with Crippen LogP contribution >= 0.6 is 0 Å². The van der Waals surface area contributed by atoms with Crippen LogP contribution in [0.1, 0.15) is 83.7 Å². The fraction of sp³-hybridized carbons (Fsp3) is 0.857. The van der Waals surface area contributed by atoms with Crippen LogP contribution in [0.3, 0.4) is 0 Å². The molecule has 0 amide bonds. The predicted octanol–water partition coefficient (Wildman–Crippen LogP) is 4.20. The second-order valence-electron chi connectivity index (χ2n) is 8.91. The van der Waals surface area contributed by atoms with Gasteiger partial charge in [-0.15, -0.1) is 0 Å². The Hall–Kier alpha value is -0.870. The Kier molecular flexibility index (Phi) is 6.56. The van der Waals surface area contributed by atoms with E-state index in [2.05, 4.69) is 60.1 Å². The standard InChI is InChI=1S/C21H38N4/c1-16(2)19-14-23-25(15-19)21-9-11-24(12-10-21)20-7-5-18(6-8-20)13-22-17(3)4/h14-18,20-22H,5-13H2,1-4H3/t18-,20-. The van der Waals surface area contributed by atoms with Crippen molar-refractivity contribution in [3.8, 4) is 0 Å². The predicted molar refractivity (Wildman–Crippen MR) is 105 cm³/mol. The summed E-state index contributed by atoms with van der Waals surface area (Å²) in [5.74, 6) is 1.48. The van der Waals surface area contributed by atoms with E-state index in [9.17, 15) is 0 Å². The summed E-state index contributed by atoms with van der Waals surface area (Å²) in [6.45, 7) is 12.7. The summed E-state index contributed by atoms with van der Waals surface area (Å²) in [6, 6.07) is 2.06. The third-order valence-corrected chi connectivity index (χ3v) is 6.31. The molecule has 0 bridgehead atoms. The minimum absolute atomic E-state index is 0.578. The Morgan fingerprint density at radius 1 is 1.00 bits per heavy atom. The van der Waals surface area contributed by atoms with E-state index >= 15 is 0 Å². The van der Waals surface area contributed by atoms with Crippen LogP contribution in [0.2, 0.25) is 0 Å². The van der Waals surface area contributed by atoms with E-state index in [1.165, 1.54) is 63.7 Å². The zero-order valence-corrected chi connectivity index (χ0v) is 16.7. The summed E-state index contributed by atoms with van der Waals surface area (Å²) < 4.78 is 2.24. The lowest BCUT2D eigenvalue weighted by atomic mass is 9.84. The summed E-state index contributed by atoms with van der Waals surface area (Å²) in [6.07, 6.45) is 12.5. The first-order chi connectivity index (χ1) is 12.0. The Morgan fingerprint density at radius 2 is 1.68 bits per heavy atom. The Bertz CT molecular complexity index is 506. The molecule has 0 spiro atoms. The molecule has 0 unspecified atom stereocenters. The van der Waals surface area contributed by atoms with Crippen molar-refractivity contribution in [1.82, 2.24) is 20.0 Å². The highest BCUT2D eigenvalue weighted by atomic mass is 15.3. The summed E-state index contributed by atoms with van der Waals surface area (Å²) >= 11 is 0. The molecule has 3 rings (SSSR count). The van der Waals surface area contributed by atoms with Crippen molar-refractivity contribution in [3.63, 3.8) is 0 Å². The maximum atomic E-state index is 4.63. The Balaban J connectivity index is 1.42. The van der Waals surface area contributed by atoms with E-state index < -0.39 is 0 Å². The van der Waals surface area contributed by atoms with Crippen molar-refractivity contribution in [1.29, 1.82) is 0 Å². The number of rotatable bonds is 6. The smallest absolute Gasteiger partial charge is 0.0543 e. The molecular weight excluding hydrogens is 308 g/mol. The fourth-order valence-corrected chi connectivity index (χ4v) is 4.48. The van der Waals surface area contributed by atoms with Gasteiger partial charge in [0.2, 0.25) is 0 Å². The molecule has 2 aliphatic rings. The molecule has 1 aliphatic heterocycles. The first-order valence-electron chi connectivity index (χ1n) is 10.5. The molecule has 1 N–H and O–H groups in total. The Morgan fingerprint density at radius 3 is 2.24 bits per heavy atom. The highest BCUT2D eigenvalue weighted by molar-refractivity contribution is 5.09. The average Bonchev–Trinajstić information content (AvgIpc) is 3.11. The van der Waals surface area contributed by atoms with Gasteiger partial charge in [-0.1, -0.05) is 27.7 Å². The molecule has 2 heterocycles. The molecule has 4 heteroatoms. The number of piperidine rings is 1. The molecule has 142 valence electrons. The van der Waals surface area contributed by atoms with Crippen LogP contribution in [0.4, 0.5) is 0 Å². The van der Waals surface area contributed by atoms with Gasteiger partial charge in [0.05, 0.1) is 12.2 Å². The minimum Gasteiger partial charge on any atom is -0.314 e. The first kappa shape index (κ1) is 18.9. The largest absolute Gasteiger partial charge is 0.314 e. The quantitative estimate of drug-likeness (QED) is 0.838. The number of hydrogen-bond acceptors (Lipinski definition) is 3. The van der Waals surface area contributed by atoms with Crippen molar-refractivity contribution in [2.45, 2.75) is 90.3 Å². The van der Waals surface area contributed by atoms with Crippen molar-refractivity contribution in [2.75, 3.05) is 19.6 Å². The second kappa shape index (κ2) is 8.68. The van der Waals surface area contributed by atoms with E-state index in [0.29, 0.717) is 18.0 Å². The van der Waals surface area contributed by atoms with Gasteiger partial charge in [0, 0.05) is 31.4 Å². The third kappa shape index (κ3) is 5.07. The molecule has 1 aromatic heterocycles. The number of hydrogen-bond donors (Lipinski definition) is 1. The van der Waals surface area contributed by atoms with Gasteiger partial charge in [-0.05, 0) is 62.5 Å². The molecule has 4 nitrogen and oxygen atoms in total. The average molecular weight is 347 g/mol. The monoisotopic (exact) mass is 346 g/mol. The second-order valence-corrected chi connectivity index (χ2v) is 8.91. The molecule has 0 radical (unpaired) electrons. The molecule has 0 aromatic carbocycles. The van der Waals surface area contributed by atoms with Crippen molar-refractivity contribution in [3.05, 3.63) is 18.0 Å². The van der Waals surface area contributed by atoms with Crippen molar-refractivity contribution < 1.29 is 0 Å². The van der Waals surface area contributed by atoms with E-state index in [4.69, 9.17) is 0 Å². The van der Waals surface area contributed by atoms with Crippen LogP contribution in [-0.2, 0) is 0 Å². The van der Waals surface area contributed by atoms with Gasteiger partial charge < -0.3 is 10.2 Å². The van der Waals surface area contributed by atoms with Gasteiger partial charge in [-0.25, -0.2) is 0 Å². The van der Waals surface area contributed by atoms with Crippen LogP contribution in [0.5, 0.6) is 0 Å². The topological polar surface area (TPSA) is 33.1 Å². The van der Waals surface area contributed by atoms with Crippen LogP contribution in [0.25, 0.3) is 0 Å². The number of nitrogens with zero attached hydrogens (tertiary/aromatic N) is 3. The number of aromatic nitrogens is 2. The molecule has 1 saturated carbocycles. The molecule has 1 aliphatic carbocycles. The maximum Gasteiger partial charge on any atom is 0.0543 e. The highest BCUT2D eigenvalue weighted by Crippen LogP contribution is 2.31. The van der Waals surface area contributed by atoms with Gasteiger partial charge in [0.1, 0.15) is 0 Å². The van der Waals surface area contributed by atoms with Crippen LogP contribution in [0, 0.1) is 5.92 Å². The fourth-order valence-electron chi connectivity index (χ4n) is 4.48. The van der Waals surface area contributed by atoms with Crippen LogP contribution in [-0.4, -0.2) is 46.4 Å². The maximum absolute atomic E-state index is 4.63. The lowest BCUT2D eigenvalue weighted by Crippen LogP contribution is -2.44. The van der Waals surface area contributed by atoms with E-state index in [-0.39, 0.29) is 0 Å². The third-order valence-electron chi connectivity index (χ3n) is 6.31. The SMILES string of the molecule is CC(C)NC[C@H]1CC[C@H](N2CCC(n3cc(C(C)C)cn3)CC2)CC1. The van der Waals surface area contributed by atoms with Gasteiger partial charge >= 0.3 is 0 Å². The number of nitrogens with one attached hydrogen (secondary N) is 1. The zero-order valence-electron chi connectivity index (χ0n) is 16.7. The number of likely N-dealkylation sites (tertiary alicyclic amines) is 1. The normalized spacial score (nSPS) is 26.6. The van der Waals surface area contributed by atoms with Crippen LogP contribution in [0.15, 0.2) is 12.4 Å². The van der Waals surface area contributed by atoms with Crippen LogP contribution < -0.4 is 5.32 Å². The summed E-state index contributed by atoms with van der Waals surface area (Å²) in [5, 5.41) is 8.25. The summed E-state index contributed by atoms with van der Waals surface area (Å²) in [4.78, 5) is 2.77. The first-order valence-corrected chi connectivity index (χ1v) is 10.5.